The zero-order valence-corrected chi connectivity index (χ0v) is 9.42. The van der Waals surface area contributed by atoms with Crippen LogP contribution in [-0.2, 0) is 5.41 Å². The molecule has 0 unspecified atom stereocenters. The SMILES string of the molecule is COc1ccc2c(c1)[C@]1(C=CCNC1)CN2. The summed E-state index contributed by atoms with van der Waals surface area (Å²) in [7, 11) is 1.71. The highest BCUT2D eigenvalue weighted by Crippen LogP contribution is 2.40. The lowest BCUT2D eigenvalue weighted by molar-refractivity contribution is 0.413. The second-order valence-corrected chi connectivity index (χ2v) is 4.45. The molecule has 2 aliphatic heterocycles. The third-order valence-electron chi connectivity index (χ3n) is 3.50. The van der Waals surface area contributed by atoms with Crippen LogP contribution in [0.2, 0.25) is 0 Å². The number of nitrogens with one attached hydrogen (secondary N) is 2. The molecule has 1 aromatic carbocycles. The van der Waals surface area contributed by atoms with Gasteiger partial charge in [-0.15, -0.1) is 0 Å². The second kappa shape index (κ2) is 3.52. The van der Waals surface area contributed by atoms with Gasteiger partial charge in [-0.3, -0.25) is 0 Å². The van der Waals surface area contributed by atoms with E-state index < -0.39 is 0 Å². The zero-order valence-electron chi connectivity index (χ0n) is 9.42. The Labute approximate surface area is 95.5 Å². The van der Waals surface area contributed by atoms with Crippen LogP contribution in [0.5, 0.6) is 5.75 Å². The predicted molar refractivity (Wildman–Crippen MR) is 65.2 cm³/mol. The molecular formula is C13H16N2O. The summed E-state index contributed by atoms with van der Waals surface area (Å²) in [5.74, 6) is 0.931. The molecule has 1 spiro atoms. The summed E-state index contributed by atoms with van der Waals surface area (Å²) in [5, 5.41) is 6.89. The number of rotatable bonds is 1. The smallest absolute Gasteiger partial charge is 0.119 e. The third-order valence-corrected chi connectivity index (χ3v) is 3.50. The Kier molecular flexibility index (Phi) is 2.14. The van der Waals surface area contributed by atoms with Gasteiger partial charge in [0, 0.05) is 30.7 Å². The van der Waals surface area contributed by atoms with Crippen LogP contribution in [0.4, 0.5) is 5.69 Å². The highest BCUT2D eigenvalue weighted by atomic mass is 16.5. The van der Waals surface area contributed by atoms with Gasteiger partial charge < -0.3 is 15.4 Å². The molecule has 2 aliphatic rings. The van der Waals surface area contributed by atoms with E-state index in [1.807, 2.05) is 6.07 Å². The lowest BCUT2D eigenvalue weighted by Crippen LogP contribution is -2.41. The number of benzene rings is 1. The van der Waals surface area contributed by atoms with Gasteiger partial charge in [0.05, 0.1) is 7.11 Å². The molecule has 0 saturated heterocycles. The van der Waals surface area contributed by atoms with Gasteiger partial charge in [-0.05, 0) is 23.8 Å². The van der Waals surface area contributed by atoms with E-state index in [2.05, 4.69) is 34.9 Å². The first-order valence-corrected chi connectivity index (χ1v) is 5.65. The minimum Gasteiger partial charge on any atom is -0.497 e. The van der Waals surface area contributed by atoms with Crippen molar-refractivity contribution in [2.75, 3.05) is 32.1 Å². The van der Waals surface area contributed by atoms with Gasteiger partial charge in [-0.25, -0.2) is 0 Å². The maximum Gasteiger partial charge on any atom is 0.119 e. The van der Waals surface area contributed by atoms with Crippen LogP contribution in [-0.4, -0.2) is 26.7 Å². The number of anilines is 1. The number of ether oxygens (including phenoxy) is 1. The van der Waals surface area contributed by atoms with Gasteiger partial charge >= 0.3 is 0 Å². The fourth-order valence-corrected chi connectivity index (χ4v) is 2.59. The van der Waals surface area contributed by atoms with E-state index in [0.717, 1.165) is 25.4 Å². The number of fused-ring (bicyclic) bond motifs is 2. The molecule has 0 bridgehead atoms. The van der Waals surface area contributed by atoms with Crippen molar-refractivity contribution >= 4 is 5.69 Å². The Morgan fingerprint density at radius 2 is 2.25 bits per heavy atom. The average Bonchev–Trinajstić information content (AvgIpc) is 2.69. The molecule has 0 fully saturated rings. The van der Waals surface area contributed by atoms with Crippen LogP contribution in [0, 0.1) is 0 Å². The maximum atomic E-state index is 5.30. The van der Waals surface area contributed by atoms with Crippen molar-refractivity contribution in [3.63, 3.8) is 0 Å². The molecule has 0 saturated carbocycles. The standard InChI is InChI=1S/C13H16N2O/c1-16-10-3-4-12-11(7-10)13(9-15-12)5-2-6-14-8-13/h2-5,7,14-15H,6,8-9H2,1H3/t13-/m0/s1. The zero-order chi connectivity index (χ0) is 11.0. The Morgan fingerprint density at radius 1 is 1.31 bits per heavy atom. The van der Waals surface area contributed by atoms with E-state index in [-0.39, 0.29) is 5.41 Å². The normalized spacial score (nSPS) is 26.6. The summed E-state index contributed by atoms with van der Waals surface area (Å²) in [6, 6.07) is 6.25. The number of hydrogen-bond donors (Lipinski definition) is 2. The highest BCUT2D eigenvalue weighted by molar-refractivity contribution is 5.64. The maximum absolute atomic E-state index is 5.30. The Hall–Kier alpha value is -1.48. The molecule has 3 heteroatoms. The van der Waals surface area contributed by atoms with Crippen molar-refractivity contribution in [1.29, 1.82) is 0 Å². The second-order valence-electron chi connectivity index (χ2n) is 4.45. The molecule has 84 valence electrons. The van der Waals surface area contributed by atoms with Crippen molar-refractivity contribution in [2.24, 2.45) is 0 Å². The van der Waals surface area contributed by atoms with Gasteiger partial charge in [0.2, 0.25) is 0 Å². The predicted octanol–water partition coefficient (Wildman–Crippen LogP) is 1.52. The summed E-state index contributed by atoms with van der Waals surface area (Å²) in [4.78, 5) is 0. The van der Waals surface area contributed by atoms with Crippen molar-refractivity contribution in [1.82, 2.24) is 5.32 Å². The molecule has 3 rings (SSSR count). The Morgan fingerprint density at radius 3 is 3.00 bits per heavy atom. The van der Waals surface area contributed by atoms with Crippen LogP contribution >= 0.6 is 0 Å². The molecule has 16 heavy (non-hydrogen) atoms. The molecule has 0 radical (unpaired) electrons. The molecule has 0 aliphatic carbocycles. The molecule has 0 amide bonds. The lowest BCUT2D eigenvalue weighted by Gasteiger charge is -2.29. The van der Waals surface area contributed by atoms with Crippen LogP contribution in [0.25, 0.3) is 0 Å². The minimum absolute atomic E-state index is 0.113. The van der Waals surface area contributed by atoms with E-state index >= 15 is 0 Å². The van der Waals surface area contributed by atoms with Gasteiger partial charge in [0.25, 0.3) is 0 Å². The van der Waals surface area contributed by atoms with Crippen LogP contribution in [0.1, 0.15) is 5.56 Å². The van der Waals surface area contributed by atoms with Crippen LogP contribution in [0.3, 0.4) is 0 Å². The van der Waals surface area contributed by atoms with Crippen LogP contribution < -0.4 is 15.4 Å². The lowest BCUT2D eigenvalue weighted by atomic mass is 9.80. The third kappa shape index (κ3) is 1.32. The molecule has 2 N–H and O–H groups in total. The minimum atomic E-state index is 0.113. The van der Waals surface area contributed by atoms with Crippen molar-refractivity contribution in [3.05, 3.63) is 35.9 Å². The highest BCUT2D eigenvalue weighted by Gasteiger charge is 2.37. The van der Waals surface area contributed by atoms with Crippen molar-refractivity contribution < 1.29 is 4.74 Å². The summed E-state index contributed by atoms with van der Waals surface area (Å²) < 4.78 is 5.30. The summed E-state index contributed by atoms with van der Waals surface area (Å²) in [6.07, 6.45) is 4.53. The number of hydrogen-bond acceptors (Lipinski definition) is 3. The first-order valence-electron chi connectivity index (χ1n) is 5.65. The van der Waals surface area contributed by atoms with Gasteiger partial charge in [-0.1, -0.05) is 12.2 Å². The first-order chi connectivity index (χ1) is 7.84. The van der Waals surface area contributed by atoms with Crippen molar-refractivity contribution in [2.45, 2.75) is 5.41 Å². The van der Waals surface area contributed by atoms with Crippen molar-refractivity contribution in [3.8, 4) is 5.75 Å². The fraction of sp³-hybridized carbons (Fsp3) is 0.385. The van der Waals surface area contributed by atoms with E-state index in [1.54, 1.807) is 7.11 Å². The van der Waals surface area contributed by atoms with Gasteiger partial charge in [-0.2, -0.15) is 0 Å². The molecule has 3 nitrogen and oxygen atoms in total. The largest absolute Gasteiger partial charge is 0.497 e. The summed E-state index contributed by atoms with van der Waals surface area (Å²) in [5.41, 5.74) is 2.69. The molecule has 0 aromatic heterocycles. The Balaban J connectivity index is 2.09. The first kappa shape index (κ1) is 9.73. The molecule has 2 heterocycles. The van der Waals surface area contributed by atoms with E-state index in [1.165, 1.54) is 11.3 Å². The van der Waals surface area contributed by atoms with E-state index in [0.29, 0.717) is 0 Å². The summed E-state index contributed by atoms with van der Waals surface area (Å²) >= 11 is 0. The molecule has 1 atom stereocenters. The Bertz CT molecular complexity index is 442. The molecular weight excluding hydrogens is 200 g/mol. The van der Waals surface area contributed by atoms with E-state index in [9.17, 15) is 0 Å². The van der Waals surface area contributed by atoms with E-state index in [4.69, 9.17) is 4.74 Å². The monoisotopic (exact) mass is 216 g/mol. The van der Waals surface area contributed by atoms with Gasteiger partial charge in [0.1, 0.15) is 5.75 Å². The quantitative estimate of drug-likeness (QED) is 0.698. The topological polar surface area (TPSA) is 33.3 Å². The molecule has 1 aromatic rings. The fourth-order valence-electron chi connectivity index (χ4n) is 2.59. The number of methoxy groups -OCH3 is 1. The van der Waals surface area contributed by atoms with Crippen LogP contribution in [0.15, 0.2) is 30.4 Å². The summed E-state index contributed by atoms with van der Waals surface area (Å²) in [6.45, 7) is 2.94. The average molecular weight is 216 g/mol. The van der Waals surface area contributed by atoms with Gasteiger partial charge in [0.15, 0.2) is 0 Å².